The molecule has 2 aliphatic carbocycles. The summed E-state index contributed by atoms with van der Waals surface area (Å²) < 4.78 is 0. The molecule has 1 fully saturated rings. The van der Waals surface area contributed by atoms with E-state index in [2.05, 4.69) is 26.5 Å². The van der Waals surface area contributed by atoms with E-state index in [-0.39, 0.29) is 11.3 Å². The number of allylic oxidation sites excluding steroid dienone is 3. The van der Waals surface area contributed by atoms with Crippen LogP contribution in [-0.2, 0) is 4.79 Å². The Balaban J connectivity index is 2.29. The van der Waals surface area contributed by atoms with Crippen molar-refractivity contribution in [3.63, 3.8) is 0 Å². The summed E-state index contributed by atoms with van der Waals surface area (Å²) in [5.74, 6) is 1.13. The Labute approximate surface area is 98.6 Å². The molecule has 1 saturated carbocycles. The average molecular weight is 218 g/mol. The lowest BCUT2D eigenvalue weighted by atomic mass is 9.57. The van der Waals surface area contributed by atoms with E-state index in [0.29, 0.717) is 11.7 Å². The van der Waals surface area contributed by atoms with Gasteiger partial charge in [-0.25, -0.2) is 0 Å². The second-order valence-electron chi connectivity index (χ2n) is 5.97. The predicted octanol–water partition coefficient (Wildman–Crippen LogP) is 3.90. The molecule has 16 heavy (non-hydrogen) atoms. The highest BCUT2D eigenvalue weighted by atomic mass is 16.1. The number of carbonyl (C=O) groups is 1. The molecule has 0 heterocycles. The summed E-state index contributed by atoms with van der Waals surface area (Å²) in [5.41, 5.74) is 2.76. The van der Waals surface area contributed by atoms with Crippen LogP contribution in [0.25, 0.3) is 0 Å². The van der Waals surface area contributed by atoms with Crippen LogP contribution < -0.4 is 0 Å². The van der Waals surface area contributed by atoms with Gasteiger partial charge in [0.25, 0.3) is 0 Å². The van der Waals surface area contributed by atoms with Gasteiger partial charge in [-0.2, -0.15) is 0 Å². The van der Waals surface area contributed by atoms with Gasteiger partial charge in [0.15, 0.2) is 0 Å². The van der Waals surface area contributed by atoms with E-state index in [1.165, 1.54) is 12.0 Å². The Morgan fingerprint density at radius 1 is 1.56 bits per heavy atom. The number of Topliss-reactive ketones (excluding diaryl/α,β-unsaturated/α-hetero) is 1. The van der Waals surface area contributed by atoms with Crippen molar-refractivity contribution >= 4 is 5.78 Å². The number of rotatable bonds is 1. The summed E-state index contributed by atoms with van der Waals surface area (Å²) in [5, 5.41) is 0. The van der Waals surface area contributed by atoms with Gasteiger partial charge in [0.05, 0.1) is 0 Å². The van der Waals surface area contributed by atoms with E-state index in [9.17, 15) is 4.79 Å². The normalized spacial score (nSPS) is 38.9. The first-order chi connectivity index (χ1) is 7.44. The Kier molecular flexibility index (Phi) is 2.81. The van der Waals surface area contributed by atoms with Crippen molar-refractivity contribution in [2.45, 2.75) is 46.5 Å². The summed E-state index contributed by atoms with van der Waals surface area (Å²) in [6, 6.07) is 0. The van der Waals surface area contributed by atoms with Crippen LogP contribution in [0.1, 0.15) is 46.5 Å². The van der Waals surface area contributed by atoms with Crippen molar-refractivity contribution in [1.82, 2.24) is 0 Å². The number of ketones is 1. The maximum absolute atomic E-state index is 12.1. The van der Waals surface area contributed by atoms with Crippen LogP contribution in [0.4, 0.5) is 0 Å². The molecule has 0 saturated heterocycles. The summed E-state index contributed by atoms with van der Waals surface area (Å²) >= 11 is 0. The van der Waals surface area contributed by atoms with Crippen LogP contribution in [0.15, 0.2) is 23.8 Å². The standard InChI is InChI=1S/C15H22O/c1-10(2)12-8-13-11(3)6-5-7-15(13,4)9-14(12)16/h6,12-13H,1,5,7-9H2,2-4H3/t12?,13-,15+/m1/s1. The van der Waals surface area contributed by atoms with Gasteiger partial charge in [0.1, 0.15) is 5.78 Å². The van der Waals surface area contributed by atoms with Gasteiger partial charge in [-0.1, -0.05) is 30.7 Å². The number of fused-ring (bicyclic) bond motifs is 1. The second kappa shape index (κ2) is 3.87. The van der Waals surface area contributed by atoms with Crippen LogP contribution in [0.3, 0.4) is 0 Å². The maximum Gasteiger partial charge on any atom is 0.140 e. The van der Waals surface area contributed by atoms with Crippen molar-refractivity contribution in [3.05, 3.63) is 23.8 Å². The third kappa shape index (κ3) is 1.77. The zero-order chi connectivity index (χ0) is 11.9. The van der Waals surface area contributed by atoms with Gasteiger partial charge in [0.2, 0.25) is 0 Å². The molecule has 0 spiro atoms. The van der Waals surface area contributed by atoms with Crippen LogP contribution >= 0.6 is 0 Å². The van der Waals surface area contributed by atoms with Crippen molar-refractivity contribution < 1.29 is 4.79 Å². The SMILES string of the molecule is C=C(C)C1C[C@@H]2C(C)=CCC[C@@]2(C)CC1=O. The Morgan fingerprint density at radius 3 is 2.88 bits per heavy atom. The summed E-state index contributed by atoms with van der Waals surface area (Å²) in [6.07, 6.45) is 6.42. The van der Waals surface area contributed by atoms with Crippen molar-refractivity contribution in [1.29, 1.82) is 0 Å². The minimum atomic E-state index is 0.111. The molecular formula is C15H22O. The molecule has 1 unspecified atom stereocenters. The third-order valence-corrected chi connectivity index (χ3v) is 4.61. The Bertz CT molecular complexity index is 364. The Morgan fingerprint density at radius 2 is 2.25 bits per heavy atom. The molecule has 88 valence electrons. The van der Waals surface area contributed by atoms with Crippen LogP contribution in [0.5, 0.6) is 0 Å². The Hall–Kier alpha value is -0.850. The molecule has 0 radical (unpaired) electrons. The number of carbonyl (C=O) groups excluding carboxylic acids is 1. The van der Waals surface area contributed by atoms with Crippen molar-refractivity contribution in [2.24, 2.45) is 17.3 Å². The largest absolute Gasteiger partial charge is 0.299 e. The van der Waals surface area contributed by atoms with E-state index < -0.39 is 0 Å². The smallest absolute Gasteiger partial charge is 0.140 e. The highest BCUT2D eigenvalue weighted by Crippen LogP contribution is 2.51. The van der Waals surface area contributed by atoms with E-state index in [0.717, 1.165) is 24.8 Å². The predicted molar refractivity (Wildman–Crippen MR) is 67.1 cm³/mol. The zero-order valence-electron chi connectivity index (χ0n) is 10.7. The van der Waals surface area contributed by atoms with Gasteiger partial charge >= 0.3 is 0 Å². The van der Waals surface area contributed by atoms with Crippen LogP contribution in [-0.4, -0.2) is 5.78 Å². The molecule has 0 bridgehead atoms. The van der Waals surface area contributed by atoms with Crippen LogP contribution in [0, 0.1) is 17.3 Å². The van der Waals surface area contributed by atoms with Crippen molar-refractivity contribution in [2.75, 3.05) is 0 Å². The van der Waals surface area contributed by atoms with Gasteiger partial charge < -0.3 is 0 Å². The van der Waals surface area contributed by atoms with E-state index in [1.54, 1.807) is 0 Å². The molecule has 3 atom stereocenters. The monoisotopic (exact) mass is 218 g/mol. The van der Waals surface area contributed by atoms with Gasteiger partial charge in [-0.3, -0.25) is 4.79 Å². The van der Waals surface area contributed by atoms with Crippen molar-refractivity contribution in [3.8, 4) is 0 Å². The van der Waals surface area contributed by atoms with E-state index in [1.807, 2.05) is 6.92 Å². The quantitative estimate of drug-likeness (QED) is 0.610. The highest BCUT2D eigenvalue weighted by Gasteiger charge is 2.45. The molecule has 0 aromatic carbocycles. The second-order valence-corrected chi connectivity index (χ2v) is 5.97. The molecule has 0 aliphatic heterocycles. The first kappa shape index (κ1) is 11.6. The lowest BCUT2D eigenvalue weighted by Crippen LogP contribution is -2.42. The molecule has 1 nitrogen and oxygen atoms in total. The summed E-state index contributed by atoms with van der Waals surface area (Å²) in [7, 11) is 0. The topological polar surface area (TPSA) is 17.1 Å². The molecule has 2 rings (SSSR count). The van der Waals surface area contributed by atoms with E-state index >= 15 is 0 Å². The summed E-state index contributed by atoms with van der Waals surface area (Å²) in [6.45, 7) is 10.5. The average Bonchev–Trinajstić information content (AvgIpc) is 2.15. The molecule has 0 aromatic rings. The van der Waals surface area contributed by atoms with E-state index in [4.69, 9.17) is 0 Å². The van der Waals surface area contributed by atoms with Gasteiger partial charge in [0, 0.05) is 12.3 Å². The minimum Gasteiger partial charge on any atom is -0.299 e. The van der Waals surface area contributed by atoms with Gasteiger partial charge in [-0.05, 0) is 44.4 Å². The molecule has 1 heteroatoms. The maximum atomic E-state index is 12.1. The molecule has 2 aliphatic rings. The first-order valence-electron chi connectivity index (χ1n) is 6.29. The molecule has 0 amide bonds. The molecule has 0 N–H and O–H groups in total. The zero-order valence-corrected chi connectivity index (χ0v) is 10.7. The lowest BCUT2D eigenvalue weighted by Gasteiger charge is -2.46. The first-order valence-corrected chi connectivity index (χ1v) is 6.29. The van der Waals surface area contributed by atoms with Crippen LogP contribution in [0.2, 0.25) is 0 Å². The lowest BCUT2D eigenvalue weighted by molar-refractivity contribution is -0.129. The fraction of sp³-hybridized carbons (Fsp3) is 0.667. The molecular weight excluding hydrogens is 196 g/mol. The fourth-order valence-electron chi connectivity index (χ4n) is 3.54. The van der Waals surface area contributed by atoms with Gasteiger partial charge in [-0.15, -0.1) is 0 Å². The number of hydrogen-bond donors (Lipinski definition) is 0. The minimum absolute atomic E-state index is 0.111. The summed E-state index contributed by atoms with van der Waals surface area (Å²) in [4.78, 5) is 12.1. The highest BCUT2D eigenvalue weighted by molar-refractivity contribution is 5.85. The fourth-order valence-corrected chi connectivity index (χ4v) is 3.54. The third-order valence-electron chi connectivity index (χ3n) is 4.61. The molecule has 0 aromatic heterocycles. The number of hydrogen-bond acceptors (Lipinski definition) is 1.